The van der Waals surface area contributed by atoms with Crippen LogP contribution in [0.1, 0.15) is 52.6 Å². The van der Waals surface area contributed by atoms with E-state index in [1.54, 1.807) is 17.8 Å². The molecule has 0 spiro atoms. The van der Waals surface area contributed by atoms with Crippen LogP contribution in [0.15, 0.2) is 95.9 Å². The zero-order valence-electron chi connectivity index (χ0n) is 26.7. The molecule has 0 bridgehead atoms. The van der Waals surface area contributed by atoms with Gasteiger partial charge in [0.1, 0.15) is 12.6 Å². The van der Waals surface area contributed by atoms with Crippen LogP contribution >= 0.6 is 11.8 Å². The van der Waals surface area contributed by atoms with E-state index in [-0.39, 0.29) is 24.8 Å². The van der Waals surface area contributed by atoms with Gasteiger partial charge in [-0.05, 0) is 82.0 Å². The summed E-state index contributed by atoms with van der Waals surface area (Å²) in [5.74, 6) is 0.629. The quantitative estimate of drug-likeness (QED) is 0.145. The number of benzene rings is 4. The molecule has 1 N–H and O–H groups in total. The summed E-state index contributed by atoms with van der Waals surface area (Å²) < 4.78 is 88.1. The summed E-state index contributed by atoms with van der Waals surface area (Å²) in [4.78, 5) is 29.9. The Bertz CT molecular complexity index is 1980. The van der Waals surface area contributed by atoms with E-state index in [2.05, 4.69) is 5.32 Å². The summed E-state index contributed by atoms with van der Waals surface area (Å²) in [6, 6.07) is 23.1. The number of fused-ring (bicyclic) bond motifs is 4. The number of nitrogens with one attached hydrogen (secondary N) is 1. The Morgan fingerprint density at radius 2 is 1.45 bits per heavy atom. The van der Waals surface area contributed by atoms with Crippen molar-refractivity contribution in [2.24, 2.45) is 5.92 Å². The maximum absolute atomic E-state index is 13.9. The van der Waals surface area contributed by atoms with E-state index < -0.39 is 41.4 Å². The third-order valence-corrected chi connectivity index (χ3v) is 10.9. The van der Waals surface area contributed by atoms with Gasteiger partial charge in [0.15, 0.2) is 0 Å². The van der Waals surface area contributed by atoms with Crippen LogP contribution in [-0.4, -0.2) is 41.6 Å². The minimum atomic E-state index is -5.96. The number of nitrogens with zero attached hydrogens (tertiary/aromatic N) is 2. The Morgan fingerprint density at radius 1 is 0.843 bits per heavy atom. The van der Waals surface area contributed by atoms with Crippen LogP contribution in [0.25, 0.3) is 11.1 Å². The normalized spacial score (nSPS) is 17.0. The molecule has 1 fully saturated rings. The lowest BCUT2D eigenvalue weighted by Gasteiger charge is -2.31. The van der Waals surface area contributed by atoms with E-state index in [1.165, 1.54) is 17.7 Å². The molecule has 51 heavy (non-hydrogen) atoms. The second kappa shape index (κ2) is 13.0. The van der Waals surface area contributed by atoms with Gasteiger partial charge in [-0.3, -0.25) is 9.69 Å². The first-order chi connectivity index (χ1) is 24.3. The Morgan fingerprint density at radius 3 is 2.02 bits per heavy atom. The number of alkyl halides is 6. The number of amides is 2. The van der Waals surface area contributed by atoms with Crippen molar-refractivity contribution in [3.8, 4) is 17.2 Å². The molecule has 6 nitrogen and oxygen atoms in total. The van der Waals surface area contributed by atoms with Gasteiger partial charge in [-0.15, -0.1) is 11.8 Å². The molecule has 4 aromatic carbocycles. The lowest BCUT2D eigenvalue weighted by molar-refractivity contribution is -0.283. The Labute approximate surface area is 293 Å². The highest BCUT2D eigenvalue weighted by atomic mass is 32.2. The van der Waals surface area contributed by atoms with Crippen LogP contribution in [0.5, 0.6) is 0 Å². The van der Waals surface area contributed by atoms with Crippen molar-refractivity contribution in [1.82, 2.24) is 4.90 Å². The van der Waals surface area contributed by atoms with Crippen molar-refractivity contribution in [2.45, 2.75) is 54.0 Å². The molecule has 3 aliphatic rings. The fourth-order valence-corrected chi connectivity index (χ4v) is 7.99. The number of nitriles is 1. The van der Waals surface area contributed by atoms with Crippen molar-refractivity contribution in [1.29, 1.82) is 5.26 Å². The third-order valence-electron chi connectivity index (χ3n) is 9.67. The third kappa shape index (κ3) is 6.20. The van der Waals surface area contributed by atoms with Gasteiger partial charge in [0.25, 0.3) is 11.3 Å². The maximum Gasteiger partial charge on any atom is 0.420 e. The molecule has 7 rings (SSSR count). The molecule has 0 radical (unpaired) electrons. The minimum absolute atomic E-state index is 0.00293. The fraction of sp³-hybridized carbons (Fsp3) is 0.289. The van der Waals surface area contributed by atoms with Gasteiger partial charge in [0.05, 0.1) is 12.6 Å². The second-order valence-corrected chi connectivity index (χ2v) is 14.0. The van der Waals surface area contributed by atoms with Gasteiger partial charge < -0.3 is 10.1 Å². The number of rotatable bonds is 8. The fourth-order valence-electron chi connectivity index (χ4n) is 6.84. The molecule has 1 atom stereocenters. The SMILES string of the molecule is N#CC(c1ccc(NC(=O)C2c3ccc(SCC4CC4)cc3CN2C(=O)OCC2c3ccccc3-c3ccccc32)cc1)(C(F)(F)F)C(F)(F)F. The summed E-state index contributed by atoms with van der Waals surface area (Å²) in [6.45, 7) is 0.0414. The molecule has 1 heterocycles. The number of thioether (sulfide) groups is 1. The first-order valence-corrected chi connectivity index (χ1v) is 17.1. The monoisotopic (exact) mass is 721 g/mol. The number of carbonyl (C=O) groups is 2. The maximum atomic E-state index is 13.9. The van der Waals surface area contributed by atoms with Gasteiger partial charge in [-0.1, -0.05) is 66.7 Å². The molecule has 0 aromatic heterocycles. The van der Waals surface area contributed by atoms with Crippen LogP contribution in [0.4, 0.5) is 36.8 Å². The Hall–Kier alpha value is -4.96. The first kappa shape index (κ1) is 34.5. The number of hydrogen-bond donors (Lipinski definition) is 1. The summed E-state index contributed by atoms with van der Waals surface area (Å²) in [7, 11) is 0. The van der Waals surface area contributed by atoms with Crippen molar-refractivity contribution < 1.29 is 40.7 Å². The van der Waals surface area contributed by atoms with Crippen LogP contribution in [0, 0.1) is 17.2 Å². The Kier molecular flexibility index (Phi) is 8.78. The van der Waals surface area contributed by atoms with Crippen molar-refractivity contribution >= 4 is 29.4 Å². The van der Waals surface area contributed by atoms with E-state index in [4.69, 9.17) is 10.00 Å². The number of anilines is 1. The van der Waals surface area contributed by atoms with Crippen molar-refractivity contribution in [3.63, 3.8) is 0 Å². The average molecular weight is 722 g/mol. The number of ether oxygens (including phenoxy) is 1. The summed E-state index contributed by atoms with van der Waals surface area (Å²) in [5.41, 5.74) is -0.906. The van der Waals surface area contributed by atoms with E-state index in [0.717, 1.165) is 45.0 Å². The highest BCUT2D eigenvalue weighted by Gasteiger charge is 2.72. The molecule has 4 aromatic rings. The molecule has 1 unspecified atom stereocenters. The highest BCUT2D eigenvalue weighted by molar-refractivity contribution is 7.99. The summed E-state index contributed by atoms with van der Waals surface area (Å²) in [5, 5.41) is 11.6. The molecule has 2 aliphatic carbocycles. The number of carbonyl (C=O) groups excluding carboxylic acids is 2. The van der Waals surface area contributed by atoms with Crippen LogP contribution in [-0.2, 0) is 21.5 Å². The highest BCUT2D eigenvalue weighted by Crippen LogP contribution is 2.52. The van der Waals surface area contributed by atoms with E-state index in [0.29, 0.717) is 35.2 Å². The molecule has 2 amide bonds. The Balaban J connectivity index is 1.14. The van der Waals surface area contributed by atoms with Gasteiger partial charge in [0, 0.05) is 22.3 Å². The van der Waals surface area contributed by atoms with Gasteiger partial charge >= 0.3 is 18.4 Å². The smallest absolute Gasteiger partial charge is 0.420 e. The van der Waals surface area contributed by atoms with Gasteiger partial charge in [-0.25, -0.2) is 4.79 Å². The van der Waals surface area contributed by atoms with Gasteiger partial charge in [-0.2, -0.15) is 31.6 Å². The zero-order chi connectivity index (χ0) is 36.1. The van der Waals surface area contributed by atoms with Crippen LogP contribution in [0.2, 0.25) is 0 Å². The predicted octanol–water partition coefficient (Wildman–Crippen LogP) is 9.52. The number of halogens is 6. The van der Waals surface area contributed by atoms with Crippen LogP contribution in [0.3, 0.4) is 0 Å². The molecule has 13 heteroatoms. The van der Waals surface area contributed by atoms with E-state index in [1.807, 2.05) is 60.7 Å². The molecule has 262 valence electrons. The second-order valence-electron chi connectivity index (χ2n) is 12.9. The molecule has 1 aliphatic heterocycles. The average Bonchev–Trinajstić information content (AvgIpc) is 3.77. The van der Waals surface area contributed by atoms with E-state index in [9.17, 15) is 35.9 Å². The largest absolute Gasteiger partial charge is 0.448 e. The standard InChI is InChI=1S/C38H29F6N3O3S/c39-37(40,41)36(21-45,38(42,43)44)24-11-13-25(14-12-24)46-34(48)33-27-16-15-26(51-20-22-9-10-22)17-23(27)18-47(33)35(49)50-19-32-30-7-3-1-5-28(30)29-6-2-4-8-31(29)32/h1-8,11-17,22,32-33H,9-10,18-20H2,(H,46,48). The van der Waals surface area contributed by atoms with Crippen molar-refractivity contribution in [2.75, 3.05) is 17.7 Å². The number of hydrogen-bond acceptors (Lipinski definition) is 5. The lowest BCUT2D eigenvalue weighted by atomic mass is 9.80. The summed E-state index contributed by atoms with van der Waals surface area (Å²) in [6.07, 6.45) is -10.3. The van der Waals surface area contributed by atoms with Crippen LogP contribution < -0.4 is 5.32 Å². The molecule has 1 saturated carbocycles. The minimum Gasteiger partial charge on any atom is -0.448 e. The van der Waals surface area contributed by atoms with Crippen molar-refractivity contribution in [3.05, 3.63) is 119 Å². The molecule has 0 saturated heterocycles. The van der Waals surface area contributed by atoms with Gasteiger partial charge in [0.2, 0.25) is 0 Å². The molecular weight excluding hydrogens is 692 g/mol. The van der Waals surface area contributed by atoms with E-state index >= 15 is 0 Å². The zero-order valence-corrected chi connectivity index (χ0v) is 27.5. The predicted molar refractivity (Wildman–Crippen MR) is 178 cm³/mol. The first-order valence-electron chi connectivity index (χ1n) is 16.2. The molecular formula is C38H29F6N3O3S. The lowest BCUT2D eigenvalue weighted by Crippen LogP contribution is -2.52. The topological polar surface area (TPSA) is 82.4 Å². The summed E-state index contributed by atoms with van der Waals surface area (Å²) >= 11 is 1.68.